The van der Waals surface area contributed by atoms with E-state index in [-0.39, 0.29) is 16.1 Å². The van der Waals surface area contributed by atoms with Gasteiger partial charge in [-0.15, -0.1) is 0 Å². The lowest BCUT2D eigenvalue weighted by atomic mass is 10.0. The third-order valence-corrected chi connectivity index (χ3v) is 2.24. The Morgan fingerprint density at radius 3 is 2.47 bits per heavy atom. The average Bonchev–Trinajstić information content (AvgIpc) is 2.16. The molecule has 1 aromatic rings. The Kier molecular flexibility index (Phi) is 3.52. The zero-order valence-electron chi connectivity index (χ0n) is 7.76. The molecule has 0 atom stereocenters. The van der Waals surface area contributed by atoms with Crippen molar-refractivity contribution in [3.63, 3.8) is 0 Å². The molecule has 0 heterocycles. The van der Waals surface area contributed by atoms with E-state index in [1.165, 1.54) is 6.92 Å². The molecule has 0 fully saturated rings. The fraction of sp³-hybridized carbons (Fsp3) is 0.200. The van der Waals surface area contributed by atoms with Crippen LogP contribution in [0, 0.1) is 0 Å². The summed E-state index contributed by atoms with van der Waals surface area (Å²) in [5, 5.41) is -0.211. The molecule has 0 spiro atoms. The van der Waals surface area contributed by atoms with Crippen LogP contribution < -0.4 is 0 Å². The molecule has 0 aliphatic rings. The summed E-state index contributed by atoms with van der Waals surface area (Å²) in [6, 6.07) is 2.03. The van der Waals surface area contributed by atoms with Gasteiger partial charge >= 0.3 is 0 Å². The van der Waals surface area contributed by atoms with Crippen LogP contribution in [0.2, 0.25) is 5.02 Å². The molecule has 0 amide bonds. The highest BCUT2D eigenvalue weighted by Gasteiger charge is 2.17. The van der Waals surface area contributed by atoms with Crippen molar-refractivity contribution in [2.75, 3.05) is 0 Å². The van der Waals surface area contributed by atoms with Crippen LogP contribution in [-0.4, -0.2) is 12.1 Å². The molecule has 5 heteroatoms. The van der Waals surface area contributed by atoms with E-state index in [2.05, 4.69) is 0 Å². The van der Waals surface area contributed by atoms with Gasteiger partial charge in [-0.2, -0.15) is 0 Å². The normalized spacial score (nSPS) is 10.5. The minimum atomic E-state index is -2.77. The highest BCUT2D eigenvalue weighted by molar-refractivity contribution is 6.32. The van der Waals surface area contributed by atoms with Crippen molar-refractivity contribution in [3.8, 4) is 0 Å². The number of carbonyl (C=O) groups is 2. The number of benzene rings is 1. The Morgan fingerprint density at radius 1 is 1.47 bits per heavy atom. The summed E-state index contributed by atoms with van der Waals surface area (Å²) in [4.78, 5) is 21.6. The second-order valence-electron chi connectivity index (χ2n) is 2.94. The van der Waals surface area contributed by atoms with Gasteiger partial charge in [0.2, 0.25) is 0 Å². The Hall–Kier alpha value is -1.29. The predicted octanol–water partition coefficient (Wildman–Crippen LogP) is 3.29. The fourth-order valence-corrected chi connectivity index (χ4v) is 1.43. The number of Topliss-reactive ketones (excluding diaryl/α,β-unsaturated/α-hetero) is 1. The summed E-state index contributed by atoms with van der Waals surface area (Å²) >= 11 is 5.53. The first-order valence-electron chi connectivity index (χ1n) is 4.05. The molecule has 1 aromatic carbocycles. The first kappa shape index (κ1) is 11.8. The summed E-state index contributed by atoms with van der Waals surface area (Å²) in [5.41, 5.74) is -0.450. The Labute approximate surface area is 89.8 Å². The lowest BCUT2D eigenvalue weighted by Crippen LogP contribution is -2.01. The van der Waals surface area contributed by atoms with Gasteiger partial charge in [0.15, 0.2) is 12.1 Å². The molecule has 0 aliphatic heterocycles. The van der Waals surface area contributed by atoms with Crippen molar-refractivity contribution in [1.29, 1.82) is 0 Å². The van der Waals surface area contributed by atoms with Gasteiger partial charge in [0.25, 0.3) is 6.43 Å². The first-order valence-corrected chi connectivity index (χ1v) is 4.43. The van der Waals surface area contributed by atoms with Gasteiger partial charge in [0, 0.05) is 16.7 Å². The minimum absolute atomic E-state index is 0.0249. The van der Waals surface area contributed by atoms with E-state index in [1.807, 2.05) is 0 Å². The van der Waals surface area contributed by atoms with Crippen LogP contribution in [0.15, 0.2) is 12.1 Å². The molecule has 1 rings (SSSR count). The van der Waals surface area contributed by atoms with Crippen molar-refractivity contribution in [3.05, 3.63) is 33.8 Å². The number of halogens is 3. The largest absolute Gasteiger partial charge is 0.298 e. The van der Waals surface area contributed by atoms with Gasteiger partial charge in [-0.25, -0.2) is 8.78 Å². The van der Waals surface area contributed by atoms with Crippen LogP contribution in [0.1, 0.15) is 39.6 Å². The number of hydrogen-bond donors (Lipinski definition) is 0. The summed E-state index contributed by atoms with van der Waals surface area (Å²) in [6.45, 7) is 1.20. The fourth-order valence-electron chi connectivity index (χ4n) is 1.18. The van der Waals surface area contributed by atoms with Gasteiger partial charge < -0.3 is 0 Å². The van der Waals surface area contributed by atoms with E-state index in [0.29, 0.717) is 6.29 Å². The Morgan fingerprint density at radius 2 is 2.07 bits per heavy atom. The van der Waals surface area contributed by atoms with Crippen LogP contribution in [0.5, 0.6) is 0 Å². The van der Waals surface area contributed by atoms with Gasteiger partial charge in [0.1, 0.15) is 0 Å². The van der Waals surface area contributed by atoms with Crippen LogP contribution in [0.3, 0.4) is 0 Å². The number of alkyl halides is 2. The maximum Gasteiger partial charge on any atom is 0.265 e. The summed E-state index contributed by atoms with van der Waals surface area (Å²) in [5.74, 6) is -0.448. The molecule has 0 bridgehead atoms. The second kappa shape index (κ2) is 4.49. The topological polar surface area (TPSA) is 34.1 Å². The average molecular weight is 233 g/mol. The smallest absolute Gasteiger partial charge is 0.265 e. The van der Waals surface area contributed by atoms with E-state index in [4.69, 9.17) is 11.6 Å². The molecule has 0 aromatic heterocycles. The second-order valence-corrected chi connectivity index (χ2v) is 3.34. The van der Waals surface area contributed by atoms with Gasteiger partial charge in [-0.05, 0) is 19.1 Å². The van der Waals surface area contributed by atoms with E-state index in [9.17, 15) is 18.4 Å². The maximum absolute atomic E-state index is 12.4. The SMILES string of the molecule is CC(=O)c1cc(C(F)F)c(Cl)cc1C=O. The van der Waals surface area contributed by atoms with E-state index >= 15 is 0 Å². The number of aldehydes is 1. The molecule has 0 saturated heterocycles. The third-order valence-electron chi connectivity index (χ3n) is 1.91. The van der Waals surface area contributed by atoms with Gasteiger partial charge in [0.05, 0.1) is 5.02 Å². The maximum atomic E-state index is 12.4. The molecular weight excluding hydrogens is 226 g/mol. The third kappa shape index (κ3) is 2.39. The monoisotopic (exact) mass is 232 g/mol. The van der Waals surface area contributed by atoms with Gasteiger partial charge in [-0.1, -0.05) is 11.6 Å². The van der Waals surface area contributed by atoms with Crippen LogP contribution in [0.4, 0.5) is 8.78 Å². The van der Waals surface area contributed by atoms with E-state index < -0.39 is 17.8 Å². The molecule has 80 valence electrons. The lowest BCUT2D eigenvalue weighted by molar-refractivity contribution is 0.100. The van der Waals surface area contributed by atoms with E-state index in [0.717, 1.165) is 12.1 Å². The predicted molar refractivity (Wildman–Crippen MR) is 51.8 cm³/mol. The molecule has 0 unspecified atom stereocenters. The molecule has 0 radical (unpaired) electrons. The van der Waals surface area contributed by atoms with Crippen molar-refractivity contribution in [2.45, 2.75) is 13.3 Å². The molecular formula is C10H7ClF2O2. The molecule has 0 N–H and O–H groups in total. The Balaban J connectivity index is 3.43. The number of hydrogen-bond acceptors (Lipinski definition) is 2. The van der Waals surface area contributed by atoms with Crippen LogP contribution in [0.25, 0.3) is 0 Å². The summed E-state index contributed by atoms with van der Waals surface area (Å²) in [7, 11) is 0. The zero-order chi connectivity index (χ0) is 11.6. The molecule has 2 nitrogen and oxygen atoms in total. The quantitative estimate of drug-likeness (QED) is 0.592. The summed E-state index contributed by atoms with van der Waals surface area (Å²) in [6.07, 6.45) is -2.35. The van der Waals surface area contributed by atoms with Gasteiger partial charge in [-0.3, -0.25) is 9.59 Å². The van der Waals surface area contributed by atoms with Crippen molar-refractivity contribution in [2.24, 2.45) is 0 Å². The number of ketones is 1. The number of rotatable bonds is 3. The summed E-state index contributed by atoms with van der Waals surface area (Å²) < 4.78 is 24.8. The molecule has 15 heavy (non-hydrogen) atoms. The highest BCUT2D eigenvalue weighted by atomic mass is 35.5. The molecule has 0 saturated carbocycles. The minimum Gasteiger partial charge on any atom is -0.298 e. The van der Waals surface area contributed by atoms with Crippen molar-refractivity contribution >= 4 is 23.7 Å². The van der Waals surface area contributed by atoms with Crippen molar-refractivity contribution in [1.82, 2.24) is 0 Å². The van der Waals surface area contributed by atoms with Crippen LogP contribution in [-0.2, 0) is 0 Å². The van der Waals surface area contributed by atoms with E-state index in [1.54, 1.807) is 0 Å². The van der Waals surface area contributed by atoms with Crippen molar-refractivity contribution < 1.29 is 18.4 Å². The van der Waals surface area contributed by atoms with Crippen LogP contribution >= 0.6 is 11.6 Å². The Bertz CT molecular complexity index is 416. The standard InChI is InChI=1S/C10H7ClF2O2/c1-5(15)7-3-8(10(12)13)9(11)2-6(7)4-14/h2-4,10H,1H3. The first-order chi connectivity index (χ1) is 6.97. The lowest BCUT2D eigenvalue weighted by Gasteiger charge is -2.07. The number of carbonyl (C=O) groups excluding carboxylic acids is 2. The highest BCUT2D eigenvalue weighted by Crippen LogP contribution is 2.29. The zero-order valence-corrected chi connectivity index (χ0v) is 8.52. The molecule has 0 aliphatic carbocycles.